The van der Waals surface area contributed by atoms with Crippen molar-refractivity contribution in [1.29, 1.82) is 0 Å². The summed E-state index contributed by atoms with van der Waals surface area (Å²) in [7, 11) is 0. The van der Waals surface area contributed by atoms with Crippen LogP contribution in [0.2, 0.25) is 0 Å². The number of rotatable bonds is 2. The summed E-state index contributed by atoms with van der Waals surface area (Å²) in [6.07, 6.45) is 4.31. The van der Waals surface area contributed by atoms with Crippen LogP contribution in [0.5, 0.6) is 0 Å². The number of carbonyl (C=O) groups is 1. The number of anilines is 1. The van der Waals surface area contributed by atoms with E-state index in [0.717, 1.165) is 30.9 Å². The highest BCUT2D eigenvalue weighted by Crippen LogP contribution is 2.27. The number of nitrogens with one attached hydrogen (secondary N) is 2. The first-order valence-corrected chi connectivity index (χ1v) is 6.87. The largest absolute Gasteiger partial charge is 0.373 e. The van der Waals surface area contributed by atoms with Crippen LogP contribution in [0.1, 0.15) is 31.7 Å². The lowest BCUT2D eigenvalue weighted by Crippen LogP contribution is -2.43. The third-order valence-corrected chi connectivity index (χ3v) is 4.13. The predicted octanol–water partition coefficient (Wildman–Crippen LogP) is 2.33. The minimum atomic E-state index is -0.0849. The van der Waals surface area contributed by atoms with E-state index in [-0.39, 0.29) is 11.9 Å². The second-order valence-electron chi connectivity index (χ2n) is 5.68. The van der Waals surface area contributed by atoms with Crippen LogP contribution in [-0.2, 0) is 11.2 Å². The monoisotopic (exact) mass is 244 g/mol. The summed E-state index contributed by atoms with van der Waals surface area (Å²) in [6, 6.07) is 8.47. The summed E-state index contributed by atoms with van der Waals surface area (Å²) in [5.41, 5.74) is 2.36. The summed E-state index contributed by atoms with van der Waals surface area (Å²) in [4.78, 5) is 12.2. The molecule has 18 heavy (non-hydrogen) atoms. The van der Waals surface area contributed by atoms with Crippen molar-refractivity contribution in [2.75, 3.05) is 5.32 Å². The van der Waals surface area contributed by atoms with E-state index in [2.05, 4.69) is 23.6 Å². The van der Waals surface area contributed by atoms with E-state index in [1.807, 2.05) is 18.2 Å². The Hall–Kier alpha value is -1.51. The molecule has 1 amide bonds. The third-order valence-electron chi connectivity index (χ3n) is 4.13. The van der Waals surface area contributed by atoms with E-state index < -0.39 is 0 Å². The number of hydrogen-bond acceptors (Lipinski definition) is 2. The summed E-state index contributed by atoms with van der Waals surface area (Å²) in [5.74, 6) is 0.911. The van der Waals surface area contributed by atoms with Gasteiger partial charge in [0, 0.05) is 18.2 Å². The zero-order valence-electron chi connectivity index (χ0n) is 10.8. The van der Waals surface area contributed by atoms with Crippen molar-refractivity contribution in [2.45, 2.75) is 44.7 Å². The molecule has 1 aromatic rings. The Kier molecular flexibility index (Phi) is 2.98. The van der Waals surface area contributed by atoms with Gasteiger partial charge in [-0.05, 0) is 36.8 Å². The lowest BCUT2D eigenvalue weighted by Gasteiger charge is -2.16. The smallest absolute Gasteiger partial charge is 0.243 e. The fourth-order valence-corrected chi connectivity index (χ4v) is 3.10. The molecule has 0 spiro atoms. The number of amides is 1. The Morgan fingerprint density at radius 3 is 2.89 bits per heavy atom. The molecule has 0 aromatic heterocycles. The van der Waals surface area contributed by atoms with Crippen molar-refractivity contribution in [1.82, 2.24) is 5.32 Å². The van der Waals surface area contributed by atoms with Gasteiger partial charge in [0.15, 0.2) is 0 Å². The van der Waals surface area contributed by atoms with Crippen LogP contribution < -0.4 is 10.6 Å². The molecule has 1 aliphatic carbocycles. The molecule has 2 aliphatic rings. The summed E-state index contributed by atoms with van der Waals surface area (Å²) < 4.78 is 0. The van der Waals surface area contributed by atoms with Crippen molar-refractivity contribution < 1.29 is 4.79 Å². The molecule has 2 unspecified atom stereocenters. The lowest BCUT2D eigenvalue weighted by atomic mass is 10.1. The summed E-state index contributed by atoms with van der Waals surface area (Å²) in [6.45, 7) is 2.26. The van der Waals surface area contributed by atoms with E-state index in [0.29, 0.717) is 6.04 Å². The van der Waals surface area contributed by atoms with Gasteiger partial charge in [0.1, 0.15) is 6.04 Å². The topological polar surface area (TPSA) is 41.1 Å². The zero-order valence-corrected chi connectivity index (χ0v) is 10.8. The molecule has 96 valence electrons. The molecule has 2 N–H and O–H groups in total. The first-order valence-electron chi connectivity index (χ1n) is 6.87. The highest BCUT2D eigenvalue weighted by Gasteiger charge is 2.29. The van der Waals surface area contributed by atoms with Gasteiger partial charge < -0.3 is 10.6 Å². The minimum Gasteiger partial charge on any atom is -0.373 e. The van der Waals surface area contributed by atoms with Crippen LogP contribution >= 0.6 is 0 Å². The number of hydrogen-bond donors (Lipinski definition) is 2. The average Bonchev–Trinajstić information content (AvgIpc) is 2.95. The lowest BCUT2D eigenvalue weighted by molar-refractivity contribution is -0.122. The van der Waals surface area contributed by atoms with Gasteiger partial charge in [-0.1, -0.05) is 25.1 Å². The van der Waals surface area contributed by atoms with Crippen LogP contribution in [0, 0.1) is 5.92 Å². The first kappa shape index (κ1) is 11.6. The maximum atomic E-state index is 12.2. The van der Waals surface area contributed by atoms with Gasteiger partial charge in [0.2, 0.25) is 5.91 Å². The van der Waals surface area contributed by atoms with E-state index in [1.165, 1.54) is 12.0 Å². The van der Waals surface area contributed by atoms with E-state index in [9.17, 15) is 4.79 Å². The summed E-state index contributed by atoms with van der Waals surface area (Å²) >= 11 is 0. The molecule has 1 heterocycles. The van der Waals surface area contributed by atoms with Crippen LogP contribution in [0.3, 0.4) is 0 Å². The van der Waals surface area contributed by atoms with Gasteiger partial charge in [-0.2, -0.15) is 0 Å². The Labute approximate surface area is 108 Å². The number of para-hydroxylation sites is 1. The summed E-state index contributed by atoms with van der Waals surface area (Å²) in [5, 5.41) is 6.49. The standard InChI is InChI=1S/C15H20N2O/c1-10-6-7-12(8-10)16-15(18)14-9-11-4-2-3-5-13(11)17-14/h2-5,10,12,14,17H,6-9H2,1H3,(H,16,18)/t10?,12?,14-/m0/s1. The molecule has 3 heteroatoms. The highest BCUT2D eigenvalue weighted by molar-refractivity contribution is 5.87. The van der Waals surface area contributed by atoms with Gasteiger partial charge in [-0.15, -0.1) is 0 Å². The molecule has 1 aromatic carbocycles. The first-order chi connectivity index (χ1) is 8.72. The quantitative estimate of drug-likeness (QED) is 0.838. The van der Waals surface area contributed by atoms with E-state index in [4.69, 9.17) is 0 Å². The maximum absolute atomic E-state index is 12.2. The Balaban J connectivity index is 1.59. The van der Waals surface area contributed by atoms with Gasteiger partial charge in [-0.25, -0.2) is 0 Å². The van der Waals surface area contributed by atoms with Gasteiger partial charge in [0.25, 0.3) is 0 Å². The van der Waals surface area contributed by atoms with Crippen molar-refractivity contribution in [3.63, 3.8) is 0 Å². The minimum absolute atomic E-state index is 0.0849. The average molecular weight is 244 g/mol. The molecule has 0 radical (unpaired) electrons. The molecule has 0 saturated heterocycles. The predicted molar refractivity (Wildman–Crippen MR) is 72.5 cm³/mol. The Bertz CT molecular complexity index is 433. The SMILES string of the molecule is CC1CCC(NC(=O)[C@@H]2Cc3ccccc3N2)C1. The molecule has 3 nitrogen and oxygen atoms in total. The number of benzene rings is 1. The van der Waals surface area contributed by atoms with Gasteiger partial charge in [0.05, 0.1) is 0 Å². The third kappa shape index (κ3) is 2.22. The van der Waals surface area contributed by atoms with Crippen LogP contribution in [0.4, 0.5) is 5.69 Å². The molecule has 3 atom stereocenters. The number of carbonyl (C=O) groups excluding carboxylic acids is 1. The van der Waals surface area contributed by atoms with Crippen molar-refractivity contribution in [3.05, 3.63) is 29.8 Å². The molecule has 1 saturated carbocycles. The molecule has 1 fully saturated rings. The Morgan fingerprint density at radius 1 is 1.33 bits per heavy atom. The Morgan fingerprint density at radius 2 is 2.17 bits per heavy atom. The second-order valence-corrected chi connectivity index (χ2v) is 5.68. The van der Waals surface area contributed by atoms with Crippen molar-refractivity contribution in [2.24, 2.45) is 5.92 Å². The van der Waals surface area contributed by atoms with Gasteiger partial charge in [-0.3, -0.25) is 4.79 Å². The van der Waals surface area contributed by atoms with Crippen molar-refractivity contribution in [3.8, 4) is 0 Å². The van der Waals surface area contributed by atoms with E-state index in [1.54, 1.807) is 0 Å². The van der Waals surface area contributed by atoms with Crippen molar-refractivity contribution >= 4 is 11.6 Å². The van der Waals surface area contributed by atoms with E-state index >= 15 is 0 Å². The maximum Gasteiger partial charge on any atom is 0.243 e. The zero-order chi connectivity index (χ0) is 12.5. The highest BCUT2D eigenvalue weighted by atomic mass is 16.2. The second kappa shape index (κ2) is 4.63. The normalized spacial score (nSPS) is 29.7. The molecule has 0 bridgehead atoms. The van der Waals surface area contributed by atoms with Crippen LogP contribution in [0.25, 0.3) is 0 Å². The number of fused-ring (bicyclic) bond motifs is 1. The molecular formula is C15H20N2O. The fourth-order valence-electron chi connectivity index (χ4n) is 3.10. The molecular weight excluding hydrogens is 224 g/mol. The molecule has 3 rings (SSSR count). The van der Waals surface area contributed by atoms with Crippen LogP contribution in [-0.4, -0.2) is 18.0 Å². The van der Waals surface area contributed by atoms with Gasteiger partial charge >= 0.3 is 0 Å². The molecule has 1 aliphatic heterocycles. The fraction of sp³-hybridized carbons (Fsp3) is 0.533. The van der Waals surface area contributed by atoms with Crippen LogP contribution in [0.15, 0.2) is 24.3 Å².